The van der Waals surface area contributed by atoms with Crippen LogP contribution in [0.3, 0.4) is 0 Å². The van der Waals surface area contributed by atoms with Crippen LogP contribution in [-0.4, -0.2) is 59.9 Å². The van der Waals surface area contributed by atoms with Crippen LogP contribution in [0.4, 0.5) is 13.2 Å². The van der Waals surface area contributed by atoms with Crippen molar-refractivity contribution in [3.05, 3.63) is 53.2 Å². The molecule has 1 fully saturated rings. The molecule has 0 N–H and O–H groups in total. The Morgan fingerprint density at radius 1 is 1.16 bits per heavy atom. The van der Waals surface area contributed by atoms with Crippen molar-refractivity contribution < 1.29 is 26.4 Å². The number of nitrogens with zero attached hydrogens (tertiary/aromatic N) is 3. The van der Waals surface area contributed by atoms with Gasteiger partial charge >= 0.3 is 6.18 Å². The number of sulfonamides is 1. The third-order valence-electron chi connectivity index (χ3n) is 4.70. The molecule has 2 aromatic rings. The zero-order valence-electron chi connectivity index (χ0n) is 16.3. The van der Waals surface area contributed by atoms with Gasteiger partial charge in [0.15, 0.2) is 0 Å². The second-order valence-corrected chi connectivity index (χ2v) is 10.5. The third kappa shape index (κ3) is 5.51. The predicted molar refractivity (Wildman–Crippen MR) is 111 cm³/mol. The minimum Gasteiger partial charge on any atom is -0.339 e. The number of pyridine rings is 1. The Morgan fingerprint density at radius 2 is 1.77 bits per heavy atom. The molecule has 1 atom stereocenters. The Morgan fingerprint density at radius 3 is 2.32 bits per heavy atom. The number of halogens is 4. The lowest BCUT2D eigenvalue weighted by molar-refractivity contribution is -0.138. The Bertz CT molecular complexity index is 1040. The van der Waals surface area contributed by atoms with Crippen LogP contribution in [-0.2, 0) is 21.0 Å². The van der Waals surface area contributed by atoms with Gasteiger partial charge in [0.2, 0.25) is 15.9 Å². The van der Waals surface area contributed by atoms with Crippen LogP contribution in [0.25, 0.3) is 0 Å². The number of amides is 1. The molecule has 3 rings (SSSR count). The molecule has 12 heteroatoms. The van der Waals surface area contributed by atoms with Crippen LogP contribution < -0.4 is 0 Å². The van der Waals surface area contributed by atoms with Crippen LogP contribution in [0.15, 0.2) is 52.5 Å². The first-order valence-corrected chi connectivity index (χ1v) is 11.9. The van der Waals surface area contributed by atoms with Crippen LogP contribution >= 0.6 is 23.4 Å². The van der Waals surface area contributed by atoms with E-state index < -0.39 is 27.0 Å². The van der Waals surface area contributed by atoms with Crippen molar-refractivity contribution in [1.82, 2.24) is 14.2 Å². The highest BCUT2D eigenvalue weighted by molar-refractivity contribution is 8.00. The molecular weight excluding hydrogens is 475 g/mol. The van der Waals surface area contributed by atoms with Crippen molar-refractivity contribution in [3.8, 4) is 0 Å². The SMILES string of the molecule is C[C@@H](Sc1ncc(C(F)(F)F)cc1Cl)C(=O)N1CCN(S(=O)(=O)c2ccccc2)CC1. The monoisotopic (exact) mass is 493 g/mol. The maximum atomic E-state index is 12.8. The fourth-order valence-corrected chi connectivity index (χ4v) is 5.65. The number of aromatic nitrogens is 1. The fourth-order valence-electron chi connectivity index (χ4n) is 3.03. The normalized spacial score (nSPS) is 16.9. The summed E-state index contributed by atoms with van der Waals surface area (Å²) < 4.78 is 64.9. The second kappa shape index (κ2) is 9.35. The third-order valence-corrected chi connectivity index (χ3v) is 8.12. The van der Waals surface area contributed by atoms with Crippen LogP contribution in [0.1, 0.15) is 12.5 Å². The van der Waals surface area contributed by atoms with Gasteiger partial charge in [-0.1, -0.05) is 41.6 Å². The first-order chi connectivity index (χ1) is 14.5. The van der Waals surface area contributed by atoms with Crippen molar-refractivity contribution in [2.75, 3.05) is 26.2 Å². The van der Waals surface area contributed by atoms with Gasteiger partial charge in [-0.15, -0.1) is 0 Å². The lowest BCUT2D eigenvalue weighted by Crippen LogP contribution is -2.52. The molecule has 1 amide bonds. The number of alkyl halides is 3. The first-order valence-electron chi connectivity index (χ1n) is 9.23. The fraction of sp³-hybridized carbons (Fsp3) is 0.368. The van der Waals surface area contributed by atoms with E-state index in [9.17, 15) is 26.4 Å². The van der Waals surface area contributed by atoms with E-state index >= 15 is 0 Å². The molecule has 2 heterocycles. The Kier molecular flexibility index (Phi) is 7.19. The summed E-state index contributed by atoms with van der Waals surface area (Å²) in [6, 6.07) is 8.84. The number of carbonyl (C=O) groups excluding carboxylic acids is 1. The van der Waals surface area contributed by atoms with Crippen molar-refractivity contribution in [1.29, 1.82) is 0 Å². The highest BCUT2D eigenvalue weighted by Crippen LogP contribution is 2.35. The molecule has 0 saturated carbocycles. The van der Waals surface area contributed by atoms with Gasteiger partial charge in [-0.2, -0.15) is 17.5 Å². The molecule has 1 aliphatic rings. The number of carbonyl (C=O) groups is 1. The standard InChI is InChI=1S/C19H19ClF3N3O3S2/c1-13(30-17-16(20)11-14(12-24-17)19(21,22)23)18(27)25-7-9-26(10-8-25)31(28,29)15-5-3-2-4-6-15/h2-6,11-13H,7-10H2,1H3/t13-/m1/s1. The van der Waals surface area contributed by atoms with Crippen LogP contribution in [0.5, 0.6) is 0 Å². The number of rotatable bonds is 5. The number of piperazine rings is 1. The van der Waals surface area contributed by atoms with E-state index in [1.54, 1.807) is 25.1 Å². The summed E-state index contributed by atoms with van der Waals surface area (Å²) in [7, 11) is -3.63. The topological polar surface area (TPSA) is 70.6 Å². The predicted octanol–water partition coefficient (Wildman–Crippen LogP) is 3.77. The molecule has 0 unspecified atom stereocenters. The number of hydrogen-bond acceptors (Lipinski definition) is 5. The summed E-state index contributed by atoms with van der Waals surface area (Å²) in [4.78, 5) is 18.2. The van der Waals surface area contributed by atoms with Crippen molar-refractivity contribution in [3.63, 3.8) is 0 Å². The minimum atomic E-state index is -4.55. The average Bonchev–Trinajstić information content (AvgIpc) is 2.74. The molecule has 6 nitrogen and oxygen atoms in total. The maximum absolute atomic E-state index is 12.8. The zero-order chi connectivity index (χ0) is 22.8. The highest BCUT2D eigenvalue weighted by Gasteiger charge is 2.33. The largest absolute Gasteiger partial charge is 0.417 e. The summed E-state index contributed by atoms with van der Waals surface area (Å²) in [6.07, 6.45) is -3.88. The lowest BCUT2D eigenvalue weighted by atomic mass is 10.3. The molecule has 1 saturated heterocycles. The van der Waals surface area contributed by atoms with Gasteiger partial charge in [-0.25, -0.2) is 13.4 Å². The van der Waals surface area contributed by atoms with Crippen molar-refractivity contribution >= 4 is 39.3 Å². The van der Waals surface area contributed by atoms with E-state index in [-0.39, 0.29) is 47.0 Å². The van der Waals surface area contributed by atoms with E-state index in [0.29, 0.717) is 6.20 Å². The molecule has 0 aliphatic carbocycles. The quantitative estimate of drug-likeness (QED) is 0.593. The van der Waals surface area contributed by atoms with E-state index in [2.05, 4.69) is 4.98 Å². The lowest BCUT2D eigenvalue weighted by Gasteiger charge is -2.35. The minimum absolute atomic E-state index is 0.126. The summed E-state index contributed by atoms with van der Waals surface area (Å²) in [5.74, 6) is -0.264. The maximum Gasteiger partial charge on any atom is 0.417 e. The number of thioether (sulfide) groups is 1. The molecule has 0 radical (unpaired) electrons. The second-order valence-electron chi connectivity index (χ2n) is 6.81. The van der Waals surface area contributed by atoms with E-state index in [1.807, 2.05) is 0 Å². The average molecular weight is 494 g/mol. The van der Waals surface area contributed by atoms with Gasteiger partial charge < -0.3 is 4.90 Å². The molecule has 0 bridgehead atoms. The van der Waals surface area contributed by atoms with Crippen LogP contribution in [0.2, 0.25) is 5.02 Å². The van der Waals surface area contributed by atoms with Gasteiger partial charge in [0, 0.05) is 32.4 Å². The number of benzene rings is 1. The molecular formula is C19H19ClF3N3O3S2. The van der Waals surface area contributed by atoms with E-state index in [1.165, 1.54) is 21.3 Å². The summed E-state index contributed by atoms with van der Waals surface area (Å²) >= 11 is 6.88. The van der Waals surface area contributed by atoms with Crippen molar-refractivity contribution in [2.24, 2.45) is 0 Å². The molecule has 1 aliphatic heterocycles. The van der Waals surface area contributed by atoms with E-state index in [0.717, 1.165) is 17.8 Å². The van der Waals surface area contributed by atoms with Gasteiger partial charge in [-0.3, -0.25) is 4.79 Å². The smallest absolute Gasteiger partial charge is 0.339 e. The Hall–Kier alpha value is -1.82. The van der Waals surface area contributed by atoms with Crippen LogP contribution in [0, 0.1) is 0 Å². The molecule has 0 spiro atoms. The summed E-state index contributed by atoms with van der Waals surface area (Å²) in [5, 5.41) is -0.710. The number of hydrogen-bond donors (Lipinski definition) is 0. The molecule has 1 aromatic carbocycles. The molecule has 31 heavy (non-hydrogen) atoms. The van der Waals surface area contributed by atoms with Crippen molar-refractivity contribution in [2.45, 2.75) is 28.3 Å². The van der Waals surface area contributed by atoms with Gasteiger partial charge in [0.25, 0.3) is 0 Å². The molecule has 168 valence electrons. The van der Waals surface area contributed by atoms with E-state index in [4.69, 9.17) is 11.6 Å². The molecule has 1 aromatic heterocycles. The summed E-state index contributed by atoms with van der Waals surface area (Å²) in [5.41, 5.74) is -0.962. The Labute approximate surface area is 187 Å². The zero-order valence-corrected chi connectivity index (χ0v) is 18.7. The summed E-state index contributed by atoms with van der Waals surface area (Å²) in [6.45, 7) is 2.34. The van der Waals surface area contributed by atoms with Gasteiger partial charge in [0.05, 0.1) is 20.7 Å². The van der Waals surface area contributed by atoms with Gasteiger partial charge in [-0.05, 0) is 25.1 Å². The van der Waals surface area contributed by atoms with Gasteiger partial charge in [0.1, 0.15) is 5.03 Å². The highest BCUT2D eigenvalue weighted by atomic mass is 35.5. The first kappa shape index (κ1) is 23.8. The Balaban J connectivity index is 1.61.